The van der Waals surface area contributed by atoms with E-state index in [1.54, 1.807) is 0 Å². The summed E-state index contributed by atoms with van der Waals surface area (Å²) in [6, 6.07) is 0. The summed E-state index contributed by atoms with van der Waals surface area (Å²) in [7, 11) is 0. The molecule has 2 rings (SSSR count). The van der Waals surface area contributed by atoms with Crippen molar-refractivity contribution in [1.82, 2.24) is 15.1 Å². The molecule has 2 aliphatic rings. The van der Waals surface area contributed by atoms with E-state index in [2.05, 4.69) is 10.2 Å². The highest BCUT2D eigenvalue weighted by molar-refractivity contribution is 5.78. The Kier molecular flexibility index (Phi) is 7.76. The van der Waals surface area contributed by atoms with Crippen LogP contribution in [0.1, 0.15) is 39.0 Å². The smallest absolute Gasteiger partial charge is 0.234 e. The topological polar surface area (TPSA) is 65.0 Å². The van der Waals surface area contributed by atoms with Gasteiger partial charge in [-0.3, -0.25) is 14.6 Å². The first-order valence-corrected chi connectivity index (χ1v) is 9.13. The predicted molar refractivity (Wildman–Crippen MR) is 90.4 cm³/mol. The van der Waals surface area contributed by atoms with Crippen molar-refractivity contribution in [3.63, 3.8) is 0 Å². The molecule has 0 aromatic carbocycles. The second-order valence-electron chi connectivity index (χ2n) is 6.75. The van der Waals surface area contributed by atoms with E-state index in [1.165, 1.54) is 32.1 Å². The minimum atomic E-state index is 0.0681. The summed E-state index contributed by atoms with van der Waals surface area (Å²) in [5, 5.41) is 12.2. The molecule has 0 spiro atoms. The summed E-state index contributed by atoms with van der Waals surface area (Å²) in [5.74, 6) is 0.0681. The summed E-state index contributed by atoms with van der Waals surface area (Å²) >= 11 is 0. The van der Waals surface area contributed by atoms with Gasteiger partial charge in [-0.25, -0.2) is 0 Å². The number of amides is 1. The van der Waals surface area contributed by atoms with E-state index < -0.39 is 0 Å². The molecule has 0 atom stereocenters. The van der Waals surface area contributed by atoms with Crippen molar-refractivity contribution >= 4 is 5.91 Å². The lowest BCUT2D eigenvalue weighted by molar-refractivity contribution is -0.123. The Labute approximate surface area is 140 Å². The predicted octanol–water partition coefficient (Wildman–Crippen LogP) is 0.452. The van der Waals surface area contributed by atoms with Crippen LogP contribution in [0.2, 0.25) is 0 Å². The fourth-order valence-electron chi connectivity index (χ4n) is 3.86. The fourth-order valence-corrected chi connectivity index (χ4v) is 3.86. The second kappa shape index (κ2) is 9.57. The highest BCUT2D eigenvalue weighted by Gasteiger charge is 2.38. The van der Waals surface area contributed by atoms with Crippen LogP contribution < -0.4 is 5.32 Å². The number of aliphatic hydroxyl groups excluding tert-OH is 1. The molecule has 0 aromatic rings. The molecule has 6 heteroatoms. The van der Waals surface area contributed by atoms with E-state index in [-0.39, 0.29) is 18.1 Å². The van der Waals surface area contributed by atoms with E-state index in [0.717, 1.165) is 39.4 Å². The monoisotopic (exact) mass is 327 g/mol. The van der Waals surface area contributed by atoms with Gasteiger partial charge in [-0.2, -0.15) is 0 Å². The summed E-state index contributed by atoms with van der Waals surface area (Å²) in [5.41, 5.74) is 0.117. The number of nitrogens with one attached hydrogen (secondary N) is 1. The molecule has 23 heavy (non-hydrogen) atoms. The largest absolute Gasteiger partial charge is 0.395 e. The lowest BCUT2D eigenvalue weighted by Gasteiger charge is -2.48. The number of ether oxygens (including phenoxy) is 1. The number of rotatable bonds is 8. The molecule has 1 amide bonds. The molecule has 1 saturated heterocycles. The normalized spacial score (nSPS) is 22.2. The number of morpholine rings is 1. The van der Waals surface area contributed by atoms with Gasteiger partial charge in [-0.1, -0.05) is 26.2 Å². The van der Waals surface area contributed by atoms with Gasteiger partial charge in [0.05, 0.1) is 26.4 Å². The molecule has 1 aliphatic heterocycles. The van der Waals surface area contributed by atoms with Crippen molar-refractivity contribution in [3.8, 4) is 0 Å². The van der Waals surface area contributed by atoms with Gasteiger partial charge >= 0.3 is 0 Å². The first-order chi connectivity index (χ1) is 11.2. The van der Waals surface area contributed by atoms with Gasteiger partial charge in [-0.05, 0) is 19.4 Å². The summed E-state index contributed by atoms with van der Waals surface area (Å²) in [6.07, 6.45) is 6.14. The first-order valence-electron chi connectivity index (χ1n) is 9.13. The molecule has 1 heterocycles. The number of hydrogen-bond donors (Lipinski definition) is 2. The summed E-state index contributed by atoms with van der Waals surface area (Å²) in [4.78, 5) is 16.8. The van der Waals surface area contributed by atoms with Gasteiger partial charge in [0.15, 0.2) is 0 Å². The lowest BCUT2D eigenvalue weighted by atomic mass is 9.79. The minimum Gasteiger partial charge on any atom is -0.395 e. The lowest BCUT2D eigenvalue weighted by Crippen LogP contribution is -2.60. The number of carbonyl (C=O) groups excluding carboxylic acids is 1. The maximum Gasteiger partial charge on any atom is 0.234 e. The molecule has 1 saturated carbocycles. The maximum absolute atomic E-state index is 12.3. The van der Waals surface area contributed by atoms with E-state index in [1.807, 2.05) is 11.8 Å². The Morgan fingerprint density at radius 2 is 1.96 bits per heavy atom. The van der Waals surface area contributed by atoms with E-state index in [9.17, 15) is 4.79 Å². The number of hydrogen-bond acceptors (Lipinski definition) is 5. The van der Waals surface area contributed by atoms with Gasteiger partial charge in [0.1, 0.15) is 0 Å². The molecule has 0 aromatic heterocycles. The van der Waals surface area contributed by atoms with Crippen LogP contribution >= 0.6 is 0 Å². The highest BCUT2D eigenvalue weighted by atomic mass is 16.5. The highest BCUT2D eigenvalue weighted by Crippen LogP contribution is 2.33. The third-order valence-electron chi connectivity index (χ3n) is 5.31. The molecular formula is C17H33N3O3. The van der Waals surface area contributed by atoms with Crippen LogP contribution in [0.25, 0.3) is 0 Å². The molecule has 0 radical (unpaired) electrons. The molecule has 1 aliphatic carbocycles. The molecular weight excluding hydrogens is 294 g/mol. The third kappa shape index (κ3) is 5.41. The molecule has 0 bridgehead atoms. The van der Waals surface area contributed by atoms with Gasteiger partial charge in [-0.15, -0.1) is 0 Å². The Hall–Kier alpha value is -0.690. The molecule has 2 fully saturated rings. The van der Waals surface area contributed by atoms with Gasteiger partial charge in [0, 0.05) is 31.7 Å². The average Bonchev–Trinajstić information content (AvgIpc) is 2.61. The Morgan fingerprint density at radius 1 is 1.26 bits per heavy atom. The Balaban J connectivity index is 1.88. The Bertz CT molecular complexity index is 353. The van der Waals surface area contributed by atoms with E-state index in [0.29, 0.717) is 13.1 Å². The molecule has 2 N–H and O–H groups in total. The number of carbonyl (C=O) groups is 1. The van der Waals surface area contributed by atoms with Crippen LogP contribution in [-0.4, -0.2) is 85.4 Å². The number of likely N-dealkylation sites (N-methyl/N-ethyl adjacent to an activating group) is 1. The molecule has 134 valence electrons. The Morgan fingerprint density at radius 3 is 2.57 bits per heavy atom. The van der Waals surface area contributed by atoms with Crippen LogP contribution in [-0.2, 0) is 9.53 Å². The zero-order chi connectivity index (χ0) is 16.5. The maximum atomic E-state index is 12.3. The van der Waals surface area contributed by atoms with Crippen LogP contribution in [0.3, 0.4) is 0 Å². The van der Waals surface area contributed by atoms with Gasteiger partial charge in [0.2, 0.25) is 5.91 Å². The quantitative estimate of drug-likeness (QED) is 0.678. The van der Waals surface area contributed by atoms with Crippen molar-refractivity contribution in [3.05, 3.63) is 0 Å². The van der Waals surface area contributed by atoms with Crippen molar-refractivity contribution in [2.45, 2.75) is 44.6 Å². The van der Waals surface area contributed by atoms with Crippen molar-refractivity contribution in [2.75, 3.05) is 59.1 Å². The summed E-state index contributed by atoms with van der Waals surface area (Å²) in [6.45, 7) is 8.10. The zero-order valence-electron chi connectivity index (χ0n) is 14.6. The van der Waals surface area contributed by atoms with Crippen LogP contribution in [0.5, 0.6) is 0 Å². The zero-order valence-corrected chi connectivity index (χ0v) is 14.6. The standard InChI is InChI=1S/C17H33N3O3/c1-2-19(8-11-21)14-16(22)18-15-17(6-4-3-5-7-17)20-9-12-23-13-10-20/h21H,2-15H2,1H3,(H,18,22). The minimum absolute atomic E-state index is 0.0681. The molecule has 6 nitrogen and oxygen atoms in total. The summed E-state index contributed by atoms with van der Waals surface area (Å²) < 4.78 is 5.50. The van der Waals surface area contributed by atoms with Crippen LogP contribution in [0.4, 0.5) is 0 Å². The van der Waals surface area contributed by atoms with Crippen molar-refractivity contribution in [1.29, 1.82) is 0 Å². The fraction of sp³-hybridized carbons (Fsp3) is 0.941. The van der Waals surface area contributed by atoms with Gasteiger partial charge < -0.3 is 15.2 Å². The molecule has 0 unspecified atom stereocenters. The van der Waals surface area contributed by atoms with Gasteiger partial charge in [0.25, 0.3) is 0 Å². The first kappa shape index (κ1) is 18.6. The van der Waals surface area contributed by atoms with Crippen molar-refractivity contribution < 1.29 is 14.6 Å². The van der Waals surface area contributed by atoms with Crippen molar-refractivity contribution in [2.24, 2.45) is 0 Å². The second-order valence-corrected chi connectivity index (χ2v) is 6.75. The van der Waals surface area contributed by atoms with Crippen LogP contribution in [0, 0.1) is 0 Å². The number of nitrogens with zero attached hydrogens (tertiary/aromatic N) is 2. The van der Waals surface area contributed by atoms with E-state index >= 15 is 0 Å². The SMILES string of the molecule is CCN(CCO)CC(=O)NCC1(N2CCOCC2)CCCCC1. The van der Waals surface area contributed by atoms with E-state index in [4.69, 9.17) is 9.84 Å². The number of aliphatic hydroxyl groups is 1. The average molecular weight is 327 g/mol. The third-order valence-corrected chi connectivity index (χ3v) is 5.31. The van der Waals surface area contributed by atoms with Crippen LogP contribution in [0.15, 0.2) is 0 Å².